The maximum absolute atomic E-state index is 9.92. The van der Waals surface area contributed by atoms with Crippen LogP contribution in [-0.4, -0.2) is 11.7 Å². The minimum atomic E-state index is 0.214. The standard InChI is InChI=1S/C8H15NO2/c1-7(4-3-5-10)6-8(2)9-11/h7,10H,2-6H2,1H3. The van der Waals surface area contributed by atoms with Crippen molar-refractivity contribution in [3.63, 3.8) is 0 Å². The van der Waals surface area contributed by atoms with E-state index in [4.69, 9.17) is 5.11 Å². The molecule has 0 aromatic heterocycles. The number of nitroso groups, excluding NO2 is 1. The molecule has 0 heterocycles. The van der Waals surface area contributed by atoms with Crippen molar-refractivity contribution in [1.82, 2.24) is 0 Å². The Hall–Kier alpha value is -0.700. The van der Waals surface area contributed by atoms with Crippen molar-refractivity contribution in [1.29, 1.82) is 0 Å². The highest BCUT2D eigenvalue weighted by Gasteiger charge is 2.03. The van der Waals surface area contributed by atoms with Crippen LogP contribution in [0.3, 0.4) is 0 Å². The fourth-order valence-electron chi connectivity index (χ4n) is 0.981. The zero-order chi connectivity index (χ0) is 8.69. The second-order valence-corrected chi connectivity index (χ2v) is 2.83. The highest BCUT2D eigenvalue weighted by atomic mass is 16.3. The molecule has 0 saturated carbocycles. The van der Waals surface area contributed by atoms with E-state index in [-0.39, 0.29) is 6.61 Å². The highest BCUT2D eigenvalue weighted by molar-refractivity contribution is 4.91. The molecule has 1 atom stereocenters. The molecule has 0 aromatic carbocycles. The topological polar surface area (TPSA) is 49.7 Å². The molecule has 64 valence electrons. The van der Waals surface area contributed by atoms with Crippen molar-refractivity contribution >= 4 is 0 Å². The van der Waals surface area contributed by atoms with Crippen LogP contribution < -0.4 is 0 Å². The van der Waals surface area contributed by atoms with E-state index in [2.05, 4.69) is 11.8 Å². The Morgan fingerprint density at radius 1 is 1.73 bits per heavy atom. The second kappa shape index (κ2) is 6.04. The van der Waals surface area contributed by atoms with Gasteiger partial charge in [0, 0.05) is 6.61 Å². The molecule has 0 spiro atoms. The summed E-state index contributed by atoms with van der Waals surface area (Å²) in [4.78, 5) is 9.92. The Morgan fingerprint density at radius 2 is 2.36 bits per heavy atom. The van der Waals surface area contributed by atoms with Gasteiger partial charge in [-0.3, -0.25) is 0 Å². The van der Waals surface area contributed by atoms with Crippen molar-refractivity contribution < 1.29 is 5.11 Å². The monoisotopic (exact) mass is 157 g/mol. The number of nitrogens with zero attached hydrogens (tertiary/aromatic N) is 1. The molecule has 0 aromatic rings. The molecule has 0 aliphatic carbocycles. The number of aliphatic hydroxyl groups is 1. The van der Waals surface area contributed by atoms with Crippen molar-refractivity contribution in [2.45, 2.75) is 26.2 Å². The number of rotatable bonds is 6. The fourth-order valence-corrected chi connectivity index (χ4v) is 0.981. The molecule has 0 amide bonds. The summed E-state index contributed by atoms with van der Waals surface area (Å²) in [6, 6.07) is 0. The van der Waals surface area contributed by atoms with Crippen molar-refractivity contribution in [3.8, 4) is 0 Å². The van der Waals surface area contributed by atoms with E-state index >= 15 is 0 Å². The van der Waals surface area contributed by atoms with Crippen LogP contribution in [-0.2, 0) is 0 Å². The van der Waals surface area contributed by atoms with Gasteiger partial charge in [-0.25, -0.2) is 0 Å². The molecule has 0 rings (SSSR count). The van der Waals surface area contributed by atoms with Crippen molar-refractivity contribution in [2.24, 2.45) is 11.1 Å². The summed E-state index contributed by atoms with van der Waals surface area (Å²) in [6.45, 7) is 5.71. The van der Waals surface area contributed by atoms with Gasteiger partial charge in [-0.2, -0.15) is 0 Å². The van der Waals surface area contributed by atoms with Gasteiger partial charge >= 0.3 is 0 Å². The van der Waals surface area contributed by atoms with Gasteiger partial charge in [0.2, 0.25) is 0 Å². The first-order valence-electron chi connectivity index (χ1n) is 3.82. The molecule has 0 radical (unpaired) electrons. The van der Waals surface area contributed by atoms with Gasteiger partial charge in [0.15, 0.2) is 0 Å². The number of hydrogen-bond donors (Lipinski definition) is 1. The third-order valence-corrected chi connectivity index (χ3v) is 1.57. The fraction of sp³-hybridized carbons (Fsp3) is 0.750. The quantitative estimate of drug-likeness (QED) is 0.600. The molecule has 0 saturated heterocycles. The lowest BCUT2D eigenvalue weighted by molar-refractivity contribution is 0.273. The minimum Gasteiger partial charge on any atom is -0.396 e. The first-order chi connectivity index (χ1) is 5.20. The first-order valence-corrected chi connectivity index (χ1v) is 3.82. The van der Waals surface area contributed by atoms with Gasteiger partial charge in [0.1, 0.15) is 0 Å². The van der Waals surface area contributed by atoms with Crippen LogP contribution in [0.1, 0.15) is 26.2 Å². The largest absolute Gasteiger partial charge is 0.396 e. The zero-order valence-corrected chi connectivity index (χ0v) is 6.92. The molecule has 11 heavy (non-hydrogen) atoms. The summed E-state index contributed by atoms with van der Waals surface area (Å²) >= 11 is 0. The van der Waals surface area contributed by atoms with E-state index < -0.39 is 0 Å². The molecule has 0 bridgehead atoms. The maximum atomic E-state index is 9.92. The SMILES string of the molecule is C=C(CC(C)CCCO)N=O. The summed E-state index contributed by atoms with van der Waals surface area (Å²) in [5.41, 5.74) is 0.399. The molecule has 1 unspecified atom stereocenters. The number of allylic oxidation sites excluding steroid dienone is 1. The van der Waals surface area contributed by atoms with E-state index in [1.54, 1.807) is 0 Å². The average Bonchev–Trinajstić information content (AvgIpc) is 2.00. The molecule has 1 N–H and O–H groups in total. The van der Waals surface area contributed by atoms with Gasteiger partial charge in [-0.1, -0.05) is 13.5 Å². The smallest absolute Gasteiger partial charge is 0.0780 e. The predicted octanol–water partition coefficient (Wildman–Crippen LogP) is 2.07. The van der Waals surface area contributed by atoms with Gasteiger partial charge in [0.05, 0.1) is 5.70 Å². The van der Waals surface area contributed by atoms with Crippen LogP contribution in [0.2, 0.25) is 0 Å². The lowest BCUT2D eigenvalue weighted by Crippen LogP contribution is -1.96. The predicted molar refractivity (Wildman–Crippen MR) is 45.0 cm³/mol. The van der Waals surface area contributed by atoms with Crippen molar-refractivity contribution in [2.75, 3.05) is 6.61 Å². The Bertz CT molecular complexity index is 134. The summed E-state index contributed by atoms with van der Waals surface area (Å²) in [5.74, 6) is 0.396. The lowest BCUT2D eigenvalue weighted by Gasteiger charge is -2.07. The highest BCUT2D eigenvalue weighted by Crippen LogP contribution is 2.15. The Balaban J connectivity index is 3.43. The Morgan fingerprint density at radius 3 is 2.82 bits per heavy atom. The van der Waals surface area contributed by atoms with Crippen LogP contribution in [0.5, 0.6) is 0 Å². The van der Waals surface area contributed by atoms with E-state index in [1.807, 2.05) is 6.92 Å². The van der Waals surface area contributed by atoms with Crippen molar-refractivity contribution in [3.05, 3.63) is 17.2 Å². The first kappa shape index (κ1) is 10.3. The average molecular weight is 157 g/mol. The number of hydrogen-bond acceptors (Lipinski definition) is 3. The summed E-state index contributed by atoms with van der Waals surface area (Å²) in [7, 11) is 0. The minimum absolute atomic E-state index is 0.214. The molecule has 0 fully saturated rings. The number of aliphatic hydroxyl groups excluding tert-OH is 1. The lowest BCUT2D eigenvalue weighted by atomic mass is 10.0. The third kappa shape index (κ3) is 5.73. The summed E-state index contributed by atoms with van der Waals surface area (Å²) < 4.78 is 0. The zero-order valence-electron chi connectivity index (χ0n) is 6.92. The van der Waals surface area contributed by atoms with E-state index in [0.29, 0.717) is 18.0 Å². The molecule has 0 aliphatic heterocycles. The molecule has 3 nitrogen and oxygen atoms in total. The van der Waals surface area contributed by atoms with E-state index in [1.165, 1.54) is 0 Å². The molecule has 3 heteroatoms. The van der Waals surface area contributed by atoms with E-state index in [9.17, 15) is 4.91 Å². The van der Waals surface area contributed by atoms with Crippen LogP contribution in [0, 0.1) is 10.8 Å². The summed E-state index contributed by atoms with van der Waals surface area (Å²) in [5, 5.41) is 11.2. The van der Waals surface area contributed by atoms with Gasteiger partial charge in [-0.15, -0.1) is 4.91 Å². The molecule has 0 aliphatic rings. The van der Waals surface area contributed by atoms with Gasteiger partial charge < -0.3 is 5.11 Å². The van der Waals surface area contributed by atoms with Gasteiger partial charge in [0.25, 0.3) is 0 Å². The molecular formula is C8H15NO2. The second-order valence-electron chi connectivity index (χ2n) is 2.83. The van der Waals surface area contributed by atoms with Crippen LogP contribution in [0.25, 0.3) is 0 Å². The van der Waals surface area contributed by atoms with Crippen LogP contribution in [0.4, 0.5) is 0 Å². The van der Waals surface area contributed by atoms with Crippen LogP contribution in [0.15, 0.2) is 17.5 Å². The Labute approximate surface area is 67.1 Å². The van der Waals surface area contributed by atoms with Gasteiger partial charge in [-0.05, 0) is 30.4 Å². The van der Waals surface area contributed by atoms with E-state index in [0.717, 1.165) is 12.8 Å². The summed E-state index contributed by atoms with van der Waals surface area (Å²) in [6.07, 6.45) is 2.35. The molecular weight excluding hydrogens is 142 g/mol. The third-order valence-electron chi connectivity index (χ3n) is 1.57. The Kier molecular flexibility index (Phi) is 5.65. The van der Waals surface area contributed by atoms with Crippen LogP contribution >= 0.6 is 0 Å². The normalized spacial score (nSPS) is 12.5. The maximum Gasteiger partial charge on any atom is 0.0780 e.